The lowest BCUT2D eigenvalue weighted by atomic mass is 10.0. The third kappa shape index (κ3) is 4.47. The molecule has 1 heterocycles. The predicted molar refractivity (Wildman–Crippen MR) is 60.8 cm³/mol. The number of aliphatic carboxylic acids is 1. The Kier molecular flexibility index (Phi) is 4.82. The van der Waals surface area contributed by atoms with Gasteiger partial charge in [-0.1, -0.05) is 18.9 Å². The van der Waals surface area contributed by atoms with Gasteiger partial charge in [0.05, 0.1) is 0 Å². The minimum atomic E-state index is -0.836. The molecule has 0 amide bonds. The highest BCUT2D eigenvalue weighted by Crippen LogP contribution is 2.21. The smallest absolute Gasteiger partial charge is 0.328 e. The van der Waals surface area contributed by atoms with Gasteiger partial charge in [-0.05, 0) is 32.2 Å². The van der Waals surface area contributed by atoms with Crippen molar-refractivity contribution in [2.75, 3.05) is 19.6 Å². The van der Waals surface area contributed by atoms with Gasteiger partial charge in [0.2, 0.25) is 0 Å². The van der Waals surface area contributed by atoms with Crippen molar-refractivity contribution in [2.24, 2.45) is 5.92 Å². The Morgan fingerprint density at radius 2 is 2.33 bits per heavy atom. The fourth-order valence-corrected chi connectivity index (χ4v) is 2.31. The number of likely N-dealkylation sites (tertiary alicyclic amines) is 1. The van der Waals surface area contributed by atoms with Crippen LogP contribution in [0.15, 0.2) is 11.6 Å². The van der Waals surface area contributed by atoms with Crippen LogP contribution in [0.3, 0.4) is 0 Å². The van der Waals surface area contributed by atoms with E-state index < -0.39 is 5.97 Å². The summed E-state index contributed by atoms with van der Waals surface area (Å²) in [6.07, 6.45) is 5.14. The first kappa shape index (κ1) is 12.2. The van der Waals surface area contributed by atoms with Crippen molar-refractivity contribution >= 4 is 5.97 Å². The van der Waals surface area contributed by atoms with E-state index in [1.165, 1.54) is 25.3 Å². The molecule has 0 aromatic carbocycles. The van der Waals surface area contributed by atoms with E-state index in [1.807, 2.05) is 6.92 Å². The summed E-state index contributed by atoms with van der Waals surface area (Å²) in [5.41, 5.74) is 0.944. The van der Waals surface area contributed by atoms with Gasteiger partial charge in [0.1, 0.15) is 0 Å². The minimum absolute atomic E-state index is 0.812. The molecule has 1 fully saturated rings. The summed E-state index contributed by atoms with van der Waals surface area (Å²) in [4.78, 5) is 12.8. The molecule has 86 valence electrons. The lowest BCUT2D eigenvalue weighted by Crippen LogP contribution is -2.23. The molecular weight excluding hydrogens is 190 g/mol. The Labute approximate surface area is 91.8 Å². The molecule has 1 N–H and O–H groups in total. The number of hydrogen-bond acceptors (Lipinski definition) is 2. The molecule has 15 heavy (non-hydrogen) atoms. The van der Waals surface area contributed by atoms with Crippen LogP contribution in [0.4, 0.5) is 0 Å². The number of carboxylic acids is 1. The van der Waals surface area contributed by atoms with Gasteiger partial charge < -0.3 is 5.11 Å². The van der Waals surface area contributed by atoms with Gasteiger partial charge in [-0.2, -0.15) is 0 Å². The molecule has 1 aliphatic rings. The molecule has 0 spiro atoms. The van der Waals surface area contributed by atoms with Gasteiger partial charge in [-0.15, -0.1) is 0 Å². The van der Waals surface area contributed by atoms with Crippen molar-refractivity contribution in [3.05, 3.63) is 11.6 Å². The first-order valence-corrected chi connectivity index (χ1v) is 5.74. The Bertz CT molecular complexity index is 248. The fourth-order valence-electron chi connectivity index (χ4n) is 2.31. The average molecular weight is 211 g/mol. The summed E-state index contributed by atoms with van der Waals surface area (Å²) >= 11 is 0. The first-order chi connectivity index (χ1) is 7.11. The lowest BCUT2D eigenvalue weighted by molar-refractivity contribution is -0.131. The van der Waals surface area contributed by atoms with Crippen LogP contribution in [0.1, 0.15) is 33.1 Å². The monoisotopic (exact) mass is 211 g/mol. The topological polar surface area (TPSA) is 40.5 Å². The van der Waals surface area contributed by atoms with Crippen molar-refractivity contribution in [3.63, 3.8) is 0 Å². The summed E-state index contributed by atoms with van der Waals surface area (Å²) in [6.45, 7) is 7.18. The second-order valence-electron chi connectivity index (χ2n) is 4.51. The maximum Gasteiger partial charge on any atom is 0.328 e. The molecule has 1 atom stereocenters. The van der Waals surface area contributed by atoms with Gasteiger partial charge in [-0.25, -0.2) is 4.79 Å². The summed E-state index contributed by atoms with van der Waals surface area (Å²) in [5, 5.41) is 8.60. The van der Waals surface area contributed by atoms with Gasteiger partial charge >= 0.3 is 5.97 Å². The molecule has 0 bridgehead atoms. The number of carbonyl (C=O) groups is 1. The highest BCUT2D eigenvalue weighted by molar-refractivity contribution is 5.80. The van der Waals surface area contributed by atoms with Crippen LogP contribution >= 0.6 is 0 Å². The Balaban J connectivity index is 2.32. The standard InChI is InChI=1S/C12H21NO2/c1-3-4-11-5-6-13(9-11)8-10(2)7-12(14)15/h7,11H,3-6,8-9H2,1-2H3,(H,14,15). The molecule has 1 saturated heterocycles. The van der Waals surface area contributed by atoms with Crippen LogP contribution in [0.2, 0.25) is 0 Å². The maximum absolute atomic E-state index is 10.5. The molecule has 0 aliphatic carbocycles. The molecule has 0 saturated carbocycles. The van der Waals surface area contributed by atoms with Gasteiger partial charge in [-0.3, -0.25) is 4.90 Å². The third-order valence-corrected chi connectivity index (χ3v) is 2.91. The zero-order valence-corrected chi connectivity index (χ0v) is 9.70. The van der Waals surface area contributed by atoms with Crippen LogP contribution in [0.25, 0.3) is 0 Å². The quantitative estimate of drug-likeness (QED) is 0.708. The molecule has 3 nitrogen and oxygen atoms in total. The van der Waals surface area contributed by atoms with Gasteiger partial charge in [0.25, 0.3) is 0 Å². The molecule has 0 aromatic heterocycles. The van der Waals surface area contributed by atoms with E-state index >= 15 is 0 Å². The van der Waals surface area contributed by atoms with Crippen LogP contribution < -0.4 is 0 Å². The molecule has 1 rings (SSSR count). The second kappa shape index (κ2) is 5.91. The number of nitrogens with zero attached hydrogens (tertiary/aromatic N) is 1. The van der Waals surface area contributed by atoms with Crippen molar-refractivity contribution in [3.8, 4) is 0 Å². The summed E-state index contributed by atoms with van der Waals surface area (Å²) in [6, 6.07) is 0. The van der Waals surface area contributed by atoms with Crippen LogP contribution in [0.5, 0.6) is 0 Å². The van der Waals surface area contributed by atoms with Crippen molar-refractivity contribution in [1.82, 2.24) is 4.90 Å². The Morgan fingerprint density at radius 1 is 1.60 bits per heavy atom. The van der Waals surface area contributed by atoms with Gasteiger partial charge in [0.15, 0.2) is 0 Å². The molecule has 0 aromatic rings. The third-order valence-electron chi connectivity index (χ3n) is 2.91. The van der Waals surface area contributed by atoms with E-state index in [1.54, 1.807) is 0 Å². The number of hydrogen-bond donors (Lipinski definition) is 1. The van der Waals surface area contributed by atoms with Crippen LogP contribution in [0, 0.1) is 5.92 Å². The summed E-state index contributed by atoms with van der Waals surface area (Å²) < 4.78 is 0. The van der Waals surface area contributed by atoms with E-state index in [9.17, 15) is 4.79 Å². The fraction of sp³-hybridized carbons (Fsp3) is 0.750. The van der Waals surface area contributed by atoms with Crippen LogP contribution in [-0.4, -0.2) is 35.6 Å². The van der Waals surface area contributed by atoms with Gasteiger partial charge in [0, 0.05) is 19.2 Å². The Hall–Kier alpha value is -0.830. The summed E-state index contributed by atoms with van der Waals surface area (Å²) in [7, 11) is 0. The molecule has 1 aliphatic heterocycles. The predicted octanol–water partition coefficient (Wildman–Crippen LogP) is 2.14. The number of carboxylic acid groups (broad SMARTS) is 1. The van der Waals surface area contributed by atoms with Crippen molar-refractivity contribution < 1.29 is 9.90 Å². The average Bonchev–Trinajstić information content (AvgIpc) is 2.51. The normalized spacial score (nSPS) is 23.3. The highest BCUT2D eigenvalue weighted by Gasteiger charge is 2.21. The van der Waals surface area contributed by atoms with Crippen molar-refractivity contribution in [1.29, 1.82) is 0 Å². The SMILES string of the molecule is CCCC1CCN(CC(C)=CC(=O)O)C1. The van der Waals surface area contributed by atoms with E-state index in [-0.39, 0.29) is 0 Å². The Morgan fingerprint density at radius 3 is 2.93 bits per heavy atom. The molecule has 1 unspecified atom stereocenters. The highest BCUT2D eigenvalue weighted by atomic mass is 16.4. The molecule has 0 radical (unpaired) electrons. The molecular formula is C12H21NO2. The van der Waals surface area contributed by atoms with Crippen molar-refractivity contribution in [2.45, 2.75) is 33.1 Å². The van der Waals surface area contributed by atoms with E-state index in [4.69, 9.17) is 5.11 Å². The van der Waals surface area contributed by atoms with Crippen LogP contribution in [-0.2, 0) is 4.79 Å². The number of rotatable bonds is 5. The minimum Gasteiger partial charge on any atom is -0.478 e. The lowest BCUT2D eigenvalue weighted by Gasteiger charge is -2.15. The van der Waals surface area contributed by atoms with E-state index in [0.717, 1.165) is 31.1 Å². The zero-order valence-electron chi connectivity index (χ0n) is 9.70. The maximum atomic E-state index is 10.5. The van der Waals surface area contributed by atoms with E-state index in [2.05, 4.69) is 11.8 Å². The van der Waals surface area contributed by atoms with E-state index in [0.29, 0.717) is 0 Å². The zero-order chi connectivity index (χ0) is 11.3. The molecule has 3 heteroatoms. The largest absolute Gasteiger partial charge is 0.478 e. The second-order valence-corrected chi connectivity index (χ2v) is 4.51. The first-order valence-electron chi connectivity index (χ1n) is 5.74. The summed E-state index contributed by atoms with van der Waals surface area (Å²) in [5.74, 6) is -0.00978.